The van der Waals surface area contributed by atoms with Crippen molar-refractivity contribution < 1.29 is 22.7 Å². The number of rotatable bonds is 2. The molecule has 3 rings (SSSR count). The Morgan fingerprint density at radius 2 is 2.09 bits per heavy atom. The van der Waals surface area contributed by atoms with E-state index in [0.29, 0.717) is 15.4 Å². The minimum absolute atomic E-state index is 0.134. The Morgan fingerprint density at radius 3 is 2.68 bits per heavy atom. The van der Waals surface area contributed by atoms with Crippen molar-refractivity contribution in [3.05, 3.63) is 30.1 Å². The van der Waals surface area contributed by atoms with Crippen molar-refractivity contribution in [3.63, 3.8) is 0 Å². The number of phenolic OH excluding ortho intramolecular Hbond substituents is 1. The molecule has 0 aromatic heterocycles. The molecule has 0 aliphatic carbocycles. The summed E-state index contributed by atoms with van der Waals surface area (Å²) in [7, 11) is -2.54. The fourth-order valence-electron chi connectivity index (χ4n) is 2.37. The van der Waals surface area contributed by atoms with Crippen LogP contribution in [0, 0.1) is 5.82 Å². The molecule has 3 N–H and O–H groups in total. The van der Waals surface area contributed by atoms with Gasteiger partial charge in [-0.2, -0.15) is 8.42 Å². The second kappa shape index (κ2) is 4.73. The van der Waals surface area contributed by atoms with Crippen molar-refractivity contribution in [2.24, 2.45) is 0 Å². The number of carbonyl (C=O) groups is 1. The van der Waals surface area contributed by atoms with Gasteiger partial charge in [-0.05, 0) is 23.6 Å². The minimum Gasteiger partial charge on any atom is -0.506 e. The Bertz CT molecular complexity index is 898. The molecular formula is C13H12FN3O4S. The summed E-state index contributed by atoms with van der Waals surface area (Å²) in [5.41, 5.74) is 0.0839. The number of phenols is 1. The SMILES string of the molecule is CNc1ccc2cc(O)c(N3CC(=O)NS3(=O)=O)c(F)c2c1. The van der Waals surface area contributed by atoms with Crippen molar-refractivity contribution >= 4 is 38.3 Å². The average molecular weight is 325 g/mol. The molecule has 0 spiro atoms. The van der Waals surface area contributed by atoms with Crippen LogP contribution in [0.5, 0.6) is 5.75 Å². The topological polar surface area (TPSA) is 98.7 Å². The number of anilines is 2. The molecule has 0 unspecified atom stereocenters. The van der Waals surface area contributed by atoms with E-state index in [1.165, 1.54) is 12.1 Å². The van der Waals surface area contributed by atoms with Crippen molar-refractivity contribution in [2.75, 3.05) is 23.2 Å². The number of hydrogen-bond donors (Lipinski definition) is 3. The van der Waals surface area contributed by atoms with Gasteiger partial charge in [0.15, 0.2) is 5.82 Å². The lowest BCUT2D eigenvalue weighted by Crippen LogP contribution is -2.30. The van der Waals surface area contributed by atoms with Crippen LogP contribution in [0.3, 0.4) is 0 Å². The Kier molecular flexibility index (Phi) is 3.10. The first-order valence-corrected chi connectivity index (χ1v) is 7.74. The van der Waals surface area contributed by atoms with E-state index >= 15 is 0 Å². The molecule has 2 aromatic carbocycles. The lowest BCUT2D eigenvalue weighted by molar-refractivity contribution is -0.117. The van der Waals surface area contributed by atoms with Crippen LogP contribution in [0.2, 0.25) is 0 Å². The van der Waals surface area contributed by atoms with E-state index in [0.717, 1.165) is 0 Å². The number of carbonyl (C=O) groups excluding carboxylic acids is 1. The smallest absolute Gasteiger partial charge is 0.326 e. The molecule has 1 amide bonds. The first kappa shape index (κ1) is 14.4. The highest BCUT2D eigenvalue weighted by molar-refractivity contribution is 7.92. The third-order valence-corrected chi connectivity index (χ3v) is 4.77. The van der Waals surface area contributed by atoms with E-state index in [9.17, 15) is 22.7 Å². The molecule has 1 heterocycles. The number of benzene rings is 2. The quantitative estimate of drug-likeness (QED) is 0.762. The number of amides is 1. The fourth-order valence-corrected chi connectivity index (χ4v) is 3.53. The first-order chi connectivity index (χ1) is 10.3. The van der Waals surface area contributed by atoms with Crippen LogP contribution in [-0.4, -0.2) is 33.0 Å². The molecular weight excluding hydrogens is 313 g/mol. The van der Waals surface area contributed by atoms with Crippen molar-refractivity contribution in [3.8, 4) is 5.75 Å². The predicted octanol–water partition coefficient (Wildman–Crippen LogP) is 0.907. The Labute approximate surface area is 125 Å². The van der Waals surface area contributed by atoms with Crippen molar-refractivity contribution in [1.82, 2.24) is 4.72 Å². The highest BCUT2D eigenvalue weighted by Gasteiger charge is 2.37. The summed E-state index contributed by atoms with van der Waals surface area (Å²) >= 11 is 0. The van der Waals surface area contributed by atoms with Gasteiger partial charge in [-0.1, -0.05) is 6.07 Å². The average Bonchev–Trinajstić information content (AvgIpc) is 2.71. The van der Waals surface area contributed by atoms with E-state index in [4.69, 9.17) is 0 Å². The zero-order chi connectivity index (χ0) is 16.1. The lowest BCUT2D eigenvalue weighted by atomic mass is 10.1. The van der Waals surface area contributed by atoms with Gasteiger partial charge in [-0.3, -0.25) is 4.79 Å². The van der Waals surface area contributed by atoms with Gasteiger partial charge < -0.3 is 10.4 Å². The zero-order valence-corrected chi connectivity index (χ0v) is 12.2. The maximum Gasteiger partial charge on any atom is 0.326 e. The molecule has 7 nitrogen and oxygen atoms in total. The third kappa shape index (κ3) is 2.10. The van der Waals surface area contributed by atoms with Gasteiger partial charge in [-0.15, -0.1) is 0 Å². The van der Waals surface area contributed by atoms with Crippen LogP contribution in [0.4, 0.5) is 15.8 Å². The molecule has 116 valence electrons. The maximum atomic E-state index is 14.7. The molecule has 22 heavy (non-hydrogen) atoms. The molecule has 1 aliphatic heterocycles. The van der Waals surface area contributed by atoms with E-state index in [1.807, 2.05) is 0 Å². The first-order valence-electron chi connectivity index (χ1n) is 6.30. The van der Waals surface area contributed by atoms with Gasteiger partial charge in [0.2, 0.25) is 0 Å². The predicted molar refractivity (Wildman–Crippen MR) is 79.5 cm³/mol. The Balaban J connectivity index is 2.28. The third-order valence-electron chi connectivity index (χ3n) is 3.39. The standard InChI is InChI=1S/C13H12FN3O4S/c1-15-8-3-2-7-4-10(18)13(12(14)9(7)5-8)17-6-11(19)16-22(17,20)21/h2-5,15,18H,6H2,1H3,(H,16,19). The second-order valence-electron chi connectivity index (χ2n) is 4.78. The molecule has 2 aromatic rings. The van der Waals surface area contributed by atoms with Crippen LogP contribution in [0.25, 0.3) is 10.8 Å². The molecule has 0 radical (unpaired) electrons. The van der Waals surface area contributed by atoms with Gasteiger partial charge in [0.25, 0.3) is 5.91 Å². The molecule has 9 heteroatoms. The van der Waals surface area contributed by atoms with E-state index in [2.05, 4.69) is 5.32 Å². The summed E-state index contributed by atoms with van der Waals surface area (Å²) in [6.45, 7) is -0.579. The monoisotopic (exact) mass is 325 g/mol. The molecule has 0 bridgehead atoms. The molecule has 0 saturated carbocycles. The number of nitrogens with zero attached hydrogens (tertiary/aromatic N) is 1. The number of nitrogens with one attached hydrogen (secondary N) is 2. The van der Waals surface area contributed by atoms with Gasteiger partial charge >= 0.3 is 10.2 Å². The van der Waals surface area contributed by atoms with Gasteiger partial charge in [0.05, 0.1) is 0 Å². The lowest BCUT2D eigenvalue weighted by Gasteiger charge is -2.18. The normalized spacial score (nSPS) is 16.8. The summed E-state index contributed by atoms with van der Waals surface area (Å²) in [5, 5.41) is 13.4. The van der Waals surface area contributed by atoms with Crippen LogP contribution in [0.1, 0.15) is 0 Å². The minimum atomic E-state index is -4.20. The molecule has 1 aliphatic rings. The van der Waals surface area contributed by atoms with E-state index < -0.39 is 39.9 Å². The van der Waals surface area contributed by atoms with Gasteiger partial charge in [0.1, 0.15) is 18.0 Å². The van der Waals surface area contributed by atoms with Crippen molar-refractivity contribution in [2.45, 2.75) is 0 Å². The van der Waals surface area contributed by atoms with Crippen molar-refractivity contribution in [1.29, 1.82) is 0 Å². The summed E-state index contributed by atoms with van der Waals surface area (Å²) in [6.07, 6.45) is 0. The Hall–Kier alpha value is -2.55. The number of aromatic hydroxyl groups is 1. The molecule has 1 saturated heterocycles. The van der Waals surface area contributed by atoms with Crippen LogP contribution < -0.4 is 14.3 Å². The largest absolute Gasteiger partial charge is 0.506 e. The highest BCUT2D eigenvalue weighted by atomic mass is 32.2. The summed E-state index contributed by atoms with van der Waals surface area (Å²) < 4.78 is 40.7. The summed E-state index contributed by atoms with van der Waals surface area (Å²) in [5.74, 6) is -2.25. The molecule has 0 atom stereocenters. The Morgan fingerprint density at radius 1 is 1.36 bits per heavy atom. The van der Waals surface area contributed by atoms with Crippen LogP contribution >= 0.6 is 0 Å². The summed E-state index contributed by atoms with van der Waals surface area (Å²) in [6, 6.07) is 6.03. The number of fused-ring (bicyclic) bond motifs is 1. The van der Waals surface area contributed by atoms with Crippen LogP contribution in [0.15, 0.2) is 24.3 Å². The van der Waals surface area contributed by atoms with E-state index in [1.54, 1.807) is 23.9 Å². The fraction of sp³-hybridized carbons (Fsp3) is 0.154. The maximum absolute atomic E-state index is 14.7. The second-order valence-corrected chi connectivity index (χ2v) is 6.38. The van der Waals surface area contributed by atoms with Gasteiger partial charge in [0, 0.05) is 18.1 Å². The molecule has 1 fully saturated rings. The zero-order valence-electron chi connectivity index (χ0n) is 11.4. The number of hydrogen-bond acceptors (Lipinski definition) is 5. The van der Waals surface area contributed by atoms with Crippen LogP contribution in [-0.2, 0) is 15.0 Å². The highest BCUT2D eigenvalue weighted by Crippen LogP contribution is 2.38. The summed E-state index contributed by atoms with van der Waals surface area (Å²) in [4.78, 5) is 11.3. The number of halogens is 1. The van der Waals surface area contributed by atoms with E-state index in [-0.39, 0.29) is 5.39 Å². The van der Waals surface area contributed by atoms with Gasteiger partial charge in [-0.25, -0.2) is 13.4 Å².